The molecular weight excluding hydrogens is 156 g/mol. The topological polar surface area (TPSA) is 52.0 Å². The van der Waals surface area contributed by atoms with Gasteiger partial charge < -0.3 is 11.5 Å². The van der Waals surface area contributed by atoms with Crippen molar-refractivity contribution in [1.29, 1.82) is 0 Å². The molecule has 0 aliphatic heterocycles. The number of thiocarbonyl (C=S) groups is 1. The van der Waals surface area contributed by atoms with E-state index in [0.717, 1.165) is 17.7 Å². The third-order valence-corrected chi connectivity index (χ3v) is 2.43. The van der Waals surface area contributed by atoms with Crippen molar-refractivity contribution in [3.05, 3.63) is 0 Å². The molecule has 0 rings (SSSR count). The van der Waals surface area contributed by atoms with Gasteiger partial charge in [0.15, 0.2) is 0 Å². The fourth-order valence-corrected chi connectivity index (χ4v) is 1.03. The monoisotopic (exact) mass is 174 g/mol. The predicted octanol–water partition coefficient (Wildman–Crippen LogP) is 1.08. The molecule has 0 bridgehead atoms. The first-order chi connectivity index (χ1) is 5.09. The molecular formula is C8H18N2S. The van der Waals surface area contributed by atoms with Crippen LogP contribution in [-0.2, 0) is 0 Å². The first-order valence-corrected chi connectivity index (χ1v) is 4.49. The van der Waals surface area contributed by atoms with Crippen LogP contribution in [0.3, 0.4) is 0 Å². The lowest BCUT2D eigenvalue weighted by Crippen LogP contribution is -2.32. The highest BCUT2D eigenvalue weighted by molar-refractivity contribution is 7.80. The zero-order valence-electron chi connectivity index (χ0n) is 7.34. The predicted molar refractivity (Wildman–Crippen MR) is 53.7 cm³/mol. The van der Waals surface area contributed by atoms with Crippen LogP contribution in [0.15, 0.2) is 0 Å². The van der Waals surface area contributed by atoms with Crippen LogP contribution in [0.5, 0.6) is 0 Å². The van der Waals surface area contributed by atoms with E-state index in [-0.39, 0.29) is 6.04 Å². The van der Waals surface area contributed by atoms with Crippen LogP contribution in [0.4, 0.5) is 0 Å². The van der Waals surface area contributed by atoms with Gasteiger partial charge in [-0.05, 0) is 25.3 Å². The average molecular weight is 174 g/mol. The summed E-state index contributed by atoms with van der Waals surface area (Å²) in [5, 5.41) is 0. The van der Waals surface area contributed by atoms with Crippen molar-refractivity contribution in [2.45, 2.75) is 32.7 Å². The normalized spacial score (nSPS) is 13.5. The van der Waals surface area contributed by atoms with Crippen LogP contribution in [0.1, 0.15) is 26.7 Å². The van der Waals surface area contributed by atoms with Gasteiger partial charge in [0, 0.05) is 10.9 Å². The Hall–Kier alpha value is 0.0100. The Morgan fingerprint density at radius 2 is 2.00 bits per heavy atom. The Kier molecular flexibility index (Phi) is 5.64. The first kappa shape index (κ1) is 11.0. The minimum atomic E-state index is 0.0635. The standard InChI is InChI=1S/C8H18N2S/c1-6(2)8(11)7(10)4-3-5-9/h6-7H,3-5,9-10H2,1-2H3/t7-/m0/s1. The zero-order valence-corrected chi connectivity index (χ0v) is 8.16. The van der Waals surface area contributed by atoms with Gasteiger partial charge in [-0.1, -0.05) is 26.1 Å². The fraction of sp³-hybridized carbons (Fsp3) is 0.875. The summed E-state index contributed by atoms with van der Waals surface area (Å²) in [6.45, 7) is 4.85. The second kappa shape index (κ2) is 5.63. The maximum Gasteiger partial charge on any atom is 0.0361 e. The Labute approximate surface area is 74.3 Å². The lowest BCUT2D eigenvalue weighted by Gasteiger charge is -2.15. The summed E-state index contributed by atoms with van der Waals surface area (Å²) >= 11 is 5.15. The quantitative estimate of drug-likeness (QED) is 0.613. The molecule has 1 atom stereocenters. The van der Waals surface area contributed by atoms with E-state index in [1.165, 1.54) is 0 Å². The van der Waals surface area contributed by atoms with Crippen molar-refractivity contribution in [3.8, 4) is 0 Å². The van der Waals surface area contributed by atoms with Crippen LogP contribution in [0.25, 0.3) is 0 Å². The van der Waals surface area contributed by atoms with E-state index in [2.05, 4.69) is 13.8 Å². The number of rotatable bonds is 5. The third-order valence-electron chi connectivity index (χ3n) is 1.65. The smallest absolute Gasteiger partial charge is 0.0361 e. The average Bonchev–Trinajstić information content (AvgIpc) is 1.98. The SMILES string of the molecule is CC(C)C(=S)[C@@H](N)CCCN. The molecule has 0 radical (unpaired) electrons. The highest BCUT2D eigenvalue weighted by Crippen LogP contribution is 2.05. The van der Waals surface area contributed by atoms with E-state index >= 15 is 0 Å². The van der Waals surface area contributed by atoms with Gasteiger partial charge in [0.2, 0.25) is 0 Å². The fourth-order valence-electron chi connectivity index (χ4n) is 0.908. The Bertz CT molecular complexity index is 123. The molecule has 66 valence electrons. The van der Waals surface area contributed by atoms with E-state index in [9.17, 15) is 0 Å². The molecule has 4 N–H and O–H groups in total. The maximum absolute atomic E-state index is 5.81. The van der Waals surface area contributed by atoms with E-state index in [1.807, 2.05) is 0 Å². The van der Waals surface area contributed by atoms with Crippen molar-refractivity contribution < 1.29 is 0 Å². The first-order valence-electron chi connectivity index (χ1n) is 4.09. The molecule has 0 heterocycles. The summed E-state index contributed by atoms with van der Waals surface area (Å²) in [7, 11) is 0. The third kappa shape index (κ3) is 4.45. The summed E-state index contributed by atoms with van der Waals surface area (Å²) in [5.41, 5.74) is 11.2. The van der Waals surface area contributed by atoms with E-state index in [4.69, 9.17) is 23.7 Å². The second-order valence-electron chi connectivity index (χ2n) is 3.09. The summed E-state index contributed by atoms with van der Waals surface area (Å²) in [4.78, 5) is 0.971. The summed E-state index contributed by atoms with van der Waals surface area (Å²) in [5.74, 6) is 0.415. The van der Waals surface area contributed by atoms with Crippen LogP contribution in [0.2, 0.25) is 0 Å². The van der Waals surface area contributed by atoms with Crippen LogP contribution in [-0.4, -0.2) is 17.5 Å². The van der Waals surface area contributed by atoms with Gasteiger partial charge in [-0.2, -0.15) is 0 Å². The number of hydrogen-bond donors (Lipinski definition) is 2. The molecule has 3 heteroatoms. The molecule has 0 amide bonds. The Balaban J connectivity index is 3.64. The van der Waals surface area contributed by atoms with Gasteiger partial charge in [-0.25, -0.2) is 0 Å². The van der Waals surface area contributed by atoms with Crippen LogP contribution < -0.4 is 11.5 Å². The van der Waals surface area contributed by atoms with E-state index < -0.39 is 0 Å². The van der Waals surface area contributed by atoms with Crippen molar-refractivity contribution in [3.63, 3.8) is 0 Å². The molecule has 0 aromatic heterocycles. The van der Waals surface area contributed by atoms with Crippen molar-refractivity contribution in [1.82, 2.24) is 0 Å². The second-order valence-corrected chi connectivity index (χ2v) is 3.57. The van der Waals surface area contributed by atoms with Crippen molar-refractivity contribution in [2.24, 2.45) is 17.4 Å². The number of nitrogens with two attached hydrogens (primary N) is 2. The highest BCUT2D eigenvalue weighted by atomic mass is 32.1. The van der Waals surface area contributed by atoms with Gasteiger partial charge in [-0.15, -0.1) is 0 Å². The van der Waals surface area contributed by atoms with Gasteiger partial charge in [-0.3, -0.25) is 0 Å². The lowest BCUT2D eigenvalue weighted by atomic mass is 10.0. The Morgan fingerprint density at radius 3 is 2.36 bits per heavy atom. The van der Waals surface area contributed by atoms with E-state index in [1.54, 1.807) is 0 Å². The van der Waals surface area contributed by atoms with Gasteiger partial charge in [0.05, 0.1) is 0 Å². The lowest BCUT2D eigenvalue weighted by molar-refractivity contribution is 0.678. The summed E-state index contributed by atoms with van der Waals surface area (Å²) in [6.07, 6.45) is 1.89. The molecule has 0 saturated carbocycles. The molecule has 11 heavy (non-hydrogen) atoms. The zero-order chi connectivity index (χ0) is 8.85. The molecule has 0 aliphatic carbocycles. The molecule has 0 aromatic carbocycles. The molecule has 0 aliphatic rings. The molecule has 0 spiro atoms. The highest BCUT2D eigenvalue weighted by Gasteiger charge is 2.11. The molecule has 0 saturated heterocycles. The summed E-state index contributed by atoms with van der Waals surface area (Å²) < 4.78 is 0. The minimum Gasteiger partial charge on any atom is -0.330 e. The van der Waals surface area contributed by atoms with Crippen molar-refractivity contribution >= 4 is 17.1 Å². The van der Waals surface area contributed by atoms with Gasteiger partial charge >= 0.3 is 0 Å². The van der Waals surface area contributed by atoms with Gasteiger partial charge in [0.1, 0.15) is 0 Å². The van der Waals surface area contributed by atoms with Crippen LogP contribution >= 0.6 is 12.2 Å². The molecule has 0 unspecified atom stereocenters. The molecule has 0 aromatic rings. The van der Waals surface area contributed by atoms with Gasteiger partial charge in [0.25, 0.3) is 0 Å². The minimum absolute atomic E-state index is 0.0635. The largest absolute Gasteiger partial charge is 0.330 e. The van der Waals surface area contributed by atoms with Crippen molar-refractivity contribution in [2.75, 3.05) is 6.54 Å². The molecule has 0 fully saturated rings. The van der Waals surface area contributed by atoms with Crippen LogP contribution in [0, 0.1) is 5.92 Å². The Morgan fingerprint density at radius 1 is 1.45 bits per heavy atom. The molecule has 2 nitrogen and oxygen atoms in total. The number of hydrogen-bond acceptors (Lipinski definition) is 3. The van der Waals surface area contributed by atoms with E-state index in [0.29, 0.717) is 12.5 Å². The summed E-state index contributed by atoms with van der Waals surface area (Å²) in [6, 6.07) is 0.0635. The maximum atomic E-state index is 5.81.